The Morgan fingerprint density at radius 1 is 1.16 bits per heavy atom. The van der Waals surface area contributed by atoms with Crippen LogP contribution in [0, 0.1) is 17.5 Å². The summed E-state index contributed by atoms with van der Waals surface area (Å²) in [6, 6.07) is 1.32. The number of carbonyl (C=O) groups is 1. The van der Waals surface area contributed by atoms with Crippen LogP contribution in [0.25, 0.3) is 0 Å². The Bertz CT molecular complexity index is 798. The molecule has 0 saturated carbocycles. The van der Waals surface area contributed by atoms with Gasteiger partial charge in [-0.25, -0.2) is 18.0 Å². The number of piperidine rings is 2. The van der Waals surface area contributed by atoms with Gasteiger partial charge in [0.2, 0.25) is 0 Å². The number of halogens is 3. The lowest BCUT2D eigenvalue weighted by Gasteiger charge is -2.46. The van der Waals surface area contributed by atoms with Gasteiger partial charge in [-0.15, -0.1) is 0 Å². The lowest BCUT2D eigenvalue weighted by Crippen LogP contribution is -2.62. The fraction of sp³-hybridized carbons (Fsp3) is 0.667. The Labute approximate surface area is 184 Å². The minimum Gasteiger partial charge on any atom is -0.490 e. The van der Waals surface area contributed by atoms with E-state index >= 15 is 0 Å². The summed E-state index contributed by atoms with van der Waals surface area (Å²) in [6.07, 6.45) is -0.733. The maximum Gasteiger partial charge on any atom is 0.409 e. The molecule has 0 aromatic heterocycles. The standard InChI is InChI=1S/C21H29F3N2O6/c1-2-31-19(28)26-7-4-20(29,5-8-26)11-25-6-3-17(27)21(30,12-25)13-32-14-9-15(22)18(24)16(23)10-14/h9-10,17,27,29-30H,2-8,11-13H2,1H3/t17-,21-/m0/s1. The zero-order chi connectivity index (χ0) is 23.5. The summed E-state index contributed by atoms with van der Waals surface area (Å²) >= 11 is 0. The van der Waals surface area contributed by atoms with Crippen molar-refractivity contribution in [3.05, 3.63) is 29.6 Å². The highest BCUT2D eigenvalue weighted by molar-refractivity contribution is 5.67. The third-order valence-electron chi connectivity index (χ3n) is 6.02. The van der Waals surface area contributed by atoms with Crippen LogP contribution in [-0.4, -0.2) is 94.5 Å². The van der Waals surface area contributed by atoms with E-state index in [1.54, 1.807) is 11.8 Å². The van der Waals surface area contributed by atoms with E-state index in [-0.39, 0.29) is 31.9 Å². The molecule has 1 aromatic carbocycles. The summed E-state index contributed by atoms with van der Waals surface area (Å²) in [5.74, 6) is -4.78. The highest BCUT2D eigenvalue weighted by Gasteiger charge is 2.44. The Balaban J connectivity index is 1.58. The number of rotatable bonds is 6. The lowest BCUT2D eigenvalue weighted by molar-refractivity contribution is -0.150. The summed E-state index contributed by atoms with van der Waals surface area (Å²) in [7, 11) is 0. The smallest absolute Gasteiger partial charge is 0.409 e. The molecule has 0 radical (unpaired) electrons. The second kappa shape index (κ2) is 9.82. The highest BCUT2D eigenvalue weighted by atomic mass is 19.2. The highest BCUT2D eigenvalue weighted by Crippen LogP contribution is 2.29. The first-order chi connectivity index (χ1) is 15.0. The number of benzene rings is 1. The number of hydrogen-bond donors (Lipinski definition) is 3. The molecule has 2 heterocycles. The van der Waals surface area contributed by atoms with Crippen molar-refractivity contribution in [2.75, 3.05) is 45.9 Å². The molecule has 3 N–H and O–H groups in total. The fourth-order valence-corrected chi connectivity index (χ4v) is 4.14. The Morgan fingerprint density at radius 3 is 2.38 bits per heavy atom. The quantitative estimate of drug-likeness (QED) is 0.547. The summed E-state index contributed by atoms with van der Waals surface area (Å²) in [6.45, 7) is 2.74. The maximum atomic E-state index is 13.4. The van der Waals surface area contributed by atoms with Crippen LogP contribution in [0.15, 0.2) is 12.1 Å². The van der Waals surface area contributed by atoms with Crippen molar-refractivity contribution >= 4 is 6.09 Å². The summed E-state index contributed by atoms with van der Waals surface area (Å²) in [5.41, 5.74) is -2.85. The molecular formula is C21H29F3N2O6. The van der Waals surface area contributed by atoms with Crippen LogP contribution in [0.2, 0.25) is 0 Å². The average molecular weight is 462 g/mol. The number of β-amino-alcohol motifs (C(OH)–C–C–N with tert-alkyl or cyclic N) is 2. The number of aliphatic hydroxyl groups is 3. The number of likely N-dealkylation sites (tertiary alicyclic amines) is 2. The van der Waals surface area contributed by atoms with Crippen molar-refractivity contribution < 1.29 is 42.8 Å². The van der Waals surface area contributed by atoms with Gasteiger partial charge in [0.25, 0.3) is 0 Å². The van der Waals surface area contributed by atoms with Crippen LogP contribution < -0.4 is 4.74 Å². The Kier molecular flexibility index (Phi) is 7.53. The van der Waals surface area contributed by atoms with Gasteiger partial charge in [0.1, 0.15) is 18.0 Å². The van der Waals surface area contributed by atoms with Gasteiger partial charge in [0.15, 0.2) is 17.5 Å². The van der Waals surface area contributed by atoms with Crippen molar-refractivity contribution in [2.24, 2.45) is 0 Å². The second-order valence-corrected chi connectivity index (χ2v) is 8.52. The molecule has 11 heteroatoms. The molecular weight excluding hydrogens is 433 g/mol. The number of amides is 1. The van der Waals surface area contributed by atoms with Crippen molar-refractivity contribution in [1.82, 2.24) is 9.80 Å². The van der Waals surface area contributed by atoms with Crippen LogP contribution in [0.1, 0.15) is 26.2 Å². The SMILES string of the molecule is CCOC(=O)N1CCC(O)(CN2CC[C@H](O)[C@@](O)(COc3cc(F)c(F)c(F)c3)C2)CC1. The molecule has 180 valence electrons. The predicted octanol–water partition coefficient (Wildman–Crippen LogP) is 1.26. The molecule has 32 heavy (non-hydrogen) atoms. The number of nitrogens with zero attached hydrogens (tertiary/aromatic N) is 2. The molecule has 0 bridgehead atoms. The predicted molar refractivity (Wildman–Crippen MR) is 107 cm³/mol. The third-order valence-corrected chi connectivity index (χ3v) is 6.02. The van der Waals surface area contributed by atoms with E-state index in [0.717, 1.165) is 0 Å². The van der Waals surface area contributed by atoms with Gasteiger partial charge < -0.3 is 29.7 Å². The van der Waals surface area contributed by atoms with Crippen molar-refractivity contribution in [3.63, 3.8) is 0 Å². The molecule has 2 saturated heterocycles. The lowest BCUT2D eigenvalue weighted by atomic mass is 9.86. The first-order valence-corrected chi connectivity index (χ1v) is 10.6. The topological polar surface area (TPSA) is 103 Å². The summed E-state index contributed by atoms with van der Waals surface area (Å²) < 4.78 is 50.1. The molecule has 8 nitrogen and oxygen atoms in total. The molecule has 0 spiro atoms. The van der Waals surface area contributed by atoms with Crippen molar-refractivity contribution in [1.29, 1.82) is 0 Å². The zero-order valence-electron chi connectivity index (χ0n) is 17.9. The van der Waals surface area contributed by atoms with Crippen LogP contribution in [-0.2, 0) is 4.74 Å². The van der Waals surface area contributed by atoms with Gasteiger partial charge in [-0.1, -0.05) is 0 Å². The van der Waals surface area contributed by atoms with Crippen molar-refractivity contribution in [3.8, 4) is 5.75 Å². The summed E-state index contributed by atoms with van der Waals surface area (Å²) in [4.78, 5) is 15.1. The number of aliphatic hydroxyl groups excluding tert-OH is 1. The fourth-order valence-electron chi connectivity index (χ4n) is 4.14. The molecule has 0 aliphatic carbocycles. The third kappa shape index (κ3) is 5.64. The first-order valence-electron chi connectivity index (χ1n) is 10.6. The number of carbonyl (C=O) groups excluding carboxylic acids is 1. The molecule has 1 aromatic rings. The molecule has 1 amide bonds. The normalized spacial score (nSPS) is 26.1. The van der Waals surface area contributed by atoms with Gasteiger partial charge in [0.05, 0.1) is 18.3 Å². The van der Waals surface area contributed by atoms with E-state index in [2.05, 4.69) is 0 Å². The van der Waals surface area contributed by atoms with E-state index in [1.807, 2.05) is 0 Å². The van der Waals surface area contributed by atoms with Crippen LogP contribution in [0.5, 0.6) is 5.75 Å². The van der Waals surface area contributed by atoms with Gasteiger partial charge in [-0.2, -0.15) is 0 Å². The Morgan fingerprint density at radius 2 is 1.78 bits per heavy atom. The van der Waals surface area contributed by atoms with E-state index in [9.17, 15) is 33.3 Å². The monoisotopic (exact) mass is 462 g/mol. The van der Waals surface area contributed by atoms with Gasteiger partial charge in [-0.05, 0) is 26.2 Å². The van der Waals surface area contributed by atoms with E-state index in [4.69, 9.17) is 9.47 Å². The largest absolute Gasteiger partial charge is 0.490 e. The van der Waals surface area contributed by atoms with Gasteiger partial charge >= 0.3 is 6.09 Å². The second-order valence-electron chi connectivity index (χ2n) is 8.52. The van der Waals surface area contributed by atoms with Crippen LogP contribution in [0.4, 0.5) is 18.0 Å². The molecule has 3 rings (SSSR count). The van der Waals surface area contributed by atoms with Crippen LogP contribution in [0.3, 0.4) is 0 Å². The van der Waals surface area contributed by atoms with Crippen LogP contribution >= 0.6 is 0 Å². The maximum absolute atomic E-state index is 13.4. The zero-order valence-corrected chi connectivity index (χ0v) is 17.9. The molecule has 2 atom stereocenters. The van der Waals surface area contributed by atoms with Crippen molar-refractivity contribution in [2.45, 2.75) is 43.5 Å². The summed E-state index contributed by atoms with van der Waals surface area (Å²) in [5, 5.41) is 32.2. The molecule has 2 aliphatic heterocycles. The molecule has 0 unspecified atom stereocenters. The average Bonchev–Trinajstić information content (AvgIpc) is 2.74. The van der Waals surface area contributed by atoms with E-state index < -0.39 is 47.5 Å². The van der Waals surface area contributed by atoms with E-state index in [1.165, 1.54) is 4.90 Å². The van der Waals surface area contributed by atoms with E-state index in [0.29, 0.717) is 44.6 Å². The Hall–Kier alpha value is -2.08. The number of hydrogen-bond acceptors (Lipinski definition) is 7. The number of ether oxygens (including phenoxy) is 2. The van der Waals surface area contributed by atoms with Gasteiger partial charge in [0, 0.05) is 44.9 Å². The minimum absolute atomic E-state index is 0.0514. The first kappa shape index (κ1) is 24.6. The molecule has 2 fully saturated rings. The molecule has 2 aliphatic rings. The minimum atomic E-state index is -1.76. The van der Waals surface area contributed by atoms with Gasteiger partial charge in [-0.3, -0.25) is 4.90 Å².